The number of nitro groups is 1. The van der Waals surface area contributed by atoms with Crippen LogP contribution < -0.4 is 5.06 Å². The highest BCUT2D eigenvalue weighted by Gasteiger charge is 2.36. The second kappa shape index (κ2) is 6.67. The van der Waals surface area contributed by atoms with Crippen LogP contribution in [0.5, 0.6) is 0 Å². The minimum Gasteiger partial charge on any atom is -0.434 e. The van der Waals surface area contributed by atoms with Gasteiger partial charge in [0.1, 0.15) is 0 Å². The monoisotopic (exact) mass is 328 g/mol. The number of ether oxygens (including phenoxy) is 1. The van der Waals surface area contributed by atoms with Gasteiger partial charge >= 0.3 is 5.97 Å². The SMILES string of the molecule is CC(=O)OC1CC(c2ccc([N+](=O)[O-])cc2)N(c2ccccc2)O1. The summed E-state index contributed by atoms with van der Waals surface area (Å²) in [6, 6.07) is 15.5. The van der Waals surface area contributed by atoms with Crippen molar-refractivity contribution in [2.24, 2.45) is 0 Å². The zero-order valence-corrected chi connectivity index (χ0v) is 13.0. The molecule has 0 amide bonds. The topological polar surface area (TPSA) is 81.9 Å². The molecular weight excluding hydrogens is 312 g/mol. The molecule has 2 atom stereocenters. The number of hydrogen-bond donors (Lipinski definition) is 0. The molecule has 0 bridgehead atoms. The minimum absolute atomic E-state index is 0.0282. The molecule has 2 aromatic carbocycles. The predicted octanol–water partition coefficient (Wildman–Crippen LogP) is 3.37. The normalized spacial score (nSPS) is 20.0. The smallest absolute Gasteiger partial charge is 0.305 e. The minimum atomic E-state index is -0.692. The Morgan fingerprint density at radius 2 is 1.88 bits per heavy atom. The average molecular weight is 328 g/mol. The molecule has 0 aromatic heterocycles. The van der Waals surface area contributed by atoms with E-state index in [0.29, 0.717) is 6.42 Å². The van der Waals surface area contributed by atoms with Gasteiger partial charge in [-0.25, -0.2) is 9.90 Å². The molecule has 124 valence electrons. The molecule has 1 heterocycles. The number of anilines is 1. The third-order valence-corrected chi connectivity index (χ3v) is 3.73. The molecule has 2 unspecified atom stereocenters. The second-order valence-electron chi connectivity index (χ2n) is 5.41. The molecule has 3 rings (SSSR count). The summed E-state index contributed by atoms with van der Waals surface area (Å²) in [5, 5.41) is 12.5. The molecular formula is C17H16N2O5. The Bertz CT molecular complexity index is 732. The maximum atomic E-state index is 11.2. The van der Waals surface area contributed by atoms with E-state index in [1.165, 1.54) is 19.1 Å². The molecule has 1 aliphatic rings. The first-order chi connectivity index (χ1) is 11.5. The first-order valence-electron chi connectivity index (χ1n) is 7.47. The number of nitrogens with zero attached hydrogens (tertiary/aromatic N) is 2. The van der Waals surface area contributed by atoms with Crippen LogP contribution in [0.25, 0.3) is 0 Å². The summed E-state index contributed by atoms with van der Waals surface area (Å²) >= 11 is 0. The lowest BCUT2D eigenvalue weighted by Crippen LogP contribution is -2.23. The predicted molar refractivity (Wildman–Crippen MR) is 86.0 cm³/mol. The second-order valence-corrected chi connectivity index (χ2v) is 5.41. The lowest BCUT2D eigenvalue weighted by atomic mass is 10.0. The lowest BCUT2D eigenvalue weighted by Gasteiger charge is -2.24. The third-order valence-electron chi connectivity index (χ3n) is 3.73. The van der Waals surface area contributed by atoms with Gasteiger partial charge in [-0.15, -0.1) is 0 Å². The van der Waals surface area contributed by atoms with Crippen molar-refractivity contribution in [3.8, 4) is 0 Å². The molecule has 24 heavy (non-hydrogen) atoms. The quantitative estimate of drug-likeness (QED) is 0.486. The van der Waals surface area contributed by atoms with Crippen molar-refractivity contribution < 1.29 is 19.3 Å². The van der Waals surface area contributed by atoms with Crippen LogP contribution in [0.15, 0.2) is 54.6 Å². The van der Waals surface area contributed by atoms with E-state index in [1.807, 2.05) is 30.3 Å². The largest absolute Gasteiger partial charge is 0.434 e. The van der Waals surface area contributed by atoms with Crippen molar-refractivity contribution in [2.75, 3.05) is 5.06 Å². The highest BCUT2D eigenvalue weighted by molar-refractivity contribution is 5.66. The maximum absolute atomic E-state index is 11.2. The van der Waals surface area contributed by atoms with Crippen LogP contribution in [0.1, 0.15) is 24.9 Å². The number of non-ortho nitro benzene ring substituents is 1. The van der Waals surface area contributed by atoms with Gasteiger partial charge in [0, 0.05) is 25.5 Å². The Labute approximate surface area is 138 Å². The van der Waals surface area contributed by atoms with E-state index in [-0.39, 0.29) is 11.7 Å². The Morgan fingerprint density at radius 3 is 2.46 bits per heavy atom. The van der Waals surface area contributed by atoms with E-state index in [9.17, 15) is 14.9 Å². The number of nitro benzene ring substituents is 1. The molecule has 2 aromatic rings. The first kappa shape index (κ1) is 15.9. The summed E-state index contributed by atoms with van der Waals surface area (Å²) < 4.78 is 5.17. The fourth-order valence-electron chi connectivity index (χ4n) is 2.68. The Kier molecular flexibility index (Phi) is 4.43. The fraction of sp³-hybridized carbons (Fsp3) is 0.235. The van der Waals surface area contributed by atoms with E-state index in [4.69, 9.17) is 9.57 Å². The van der Waals surface area contributed by atoms with Crippen molar-refractivity contribution in [3.63, 3.8) is 0 Å². The number of esters is 1. The van der Waals surface area contributed by atoms with Gasteiger partial charge in [-0.1, -0.05) is 30.3 Å². The van der Waals surface area contributed by atoms with Crippen molar-refractivity contribution in [2.45, 2.75) is 25.7 Å². The van der Waals surface area contributed by atoms with Gasteiger partial charge in [-0.3, -0.25) is 14.9 Å². The third kappa shape index (κ3) is 3.36. The fourth-order valence-corrected chi connectivity index (χ4v) is 2.68. The standard InChI is InChI=1S/C17H16N2O5/c1-12(20)23-17-11-16(13-7-9-15(10-8-13)19(21)22)18(24-17)14-5-3-2-4-6-14/h2-10,16-17H,11H2,1H3. The van der Waals surface area contributed by atoms with Crippen LogP contribution in [-0.2, 0) is 14.4 Å². The van der Waals surface area contributed by atoms with Gasteiger partial charge in [0.25, 0.3) is 5.69 Å². The van der Waals surface area contributed by atoms with Crippen LogP contribution in [0.3, 0.4) is 0 Å². The van der Waals surface area contributed by atoms with Gasteiger partial charge in [0.15, 0.2) is 0 Å². The zero-order chi connectivity index (χ0) is 17.1. The van der Waals surface area contributed by atoms with E-state index in [2.05, 4.69) is 0 Å². The molecule has 0 spiro atoms. The van der Waals surface area contributed by atoms with Crippen molar-refractivity contribution in [1.29, 1.82) is 0 Å². The molecule has 0 N–H and O–H groups in total. The highest BCUT2D eigenvalue weighted by atomic mass is 16.8. The van der Waals surface area contributed by atoms with Gasteiger partial charge in [0.05, 0.1) is 16.7 Å². The van der Waals surface area contributed by atoms with Crippen LogP contribution >= 0.6 is 0 Å². The van der Waals surface area contributed by atoms with Crippen molar-refractivity contribution in [1.82, 2.24) is 0 Å². The number of benzene rings is 2. The highest BCUT2D eigenvalue weighted by Crippen LogP contribution is 2.38. The van der Waals surface area contributed by atoms with Crippen LogP contribution in [0, 0.1) is 10.1 Å². The molecule has 1 saturated heterocycles. The molecule has 0 aliphatic carbocycles. The Hall–Kier alpha value is -2.93. The van der Waals surface area contributed by atoms with E-state index in [1.54, 1.807) is 17.2 Å². The van der Waals surface area contributed by atoms with Gasteiger partial charge < -0.3 is 4.74 Å². The maximum Gasteiger partial charge on any atom is 0.305 e. The molecule has 1 aliphatic heterocycles. The van der Waals surface area contributed by atoms with Gasteiger partial charge in [-0.2, -0.15) is 0 Å². The Morgan fingerprint density at radius 1 is 1.21 bits per heavy atom. The number of hydroxylamine groups is 1. The summed E-state index contributed by atoms with van der Waals surface area (Å²) in [5.74, 6) is -0.419. The number of carbonyl (C=O) groups is 1. The molecule has 7 heteroatoms. The van der Waals surface area contributed by atoms with E-state index >= 15 is 0 Å². The average Bonchev–Trinajstić information content (AvgIpc) is 2.99. The van der Waals surface area contributed by atoms with E-state index < -0.39 is 17.2 Å². The Balaban J connectivity index is 1.89. The first-order valence-corrected chi connectivity index (χ1v) is 7.47. The van der Waals surface area contributed by atoms with Crippen molar-refractivity contribution >= 4 is 17.3 Å². The molecule has 0 radical (unpaired) electrons. The van der Waals surface area contributed by atoms with E-state index in [0.717, 1.165) is 11.3 Å². The molecule has 0 saturated carbocycles. The van der Waals surface area contributed by atoms with Gasteiger partial charge in [0.2, 0.25) is 6.29 Å². The summed E-state index contributed by atoms with van der Waals surface area (Å²) in [6.45, 7) is 1.33. The van der Waals surface area contributed by atoms with Crippen LogP contribution in [-0.4, -0.2) is 17.2 Å². The lowest BCUT2D eigenvalue weighted by molar-refractivity contribution is -0.384. The zero-order valence-electron chi connectivity index (χ0n) is 13.0. The summed E-state index contributed by atoms with van der Waals surface area (Å²) in [7, 11) is 0. The summed E-state index contributed by atoms with van der Waals surface area (Å²) in [5.41, 5.74) is 1.69. The summed E-state index contributed by atoms with van der Waals surface area (Å²) in [4.78, 5) is 27.3. The number of rotatable bonds is 4. The van der Waals surface area contributed by atoms with Crippen LogP contribution in [0.2, 0.25) is 0 Å². The van der Waals surface area contributed by atoms with Crippen molar-refractivity contribution in [3.05, 3.63) is 70.3 Å². The molecule has 7 nitrogen and oxygen atoms in total. The molecule has 1 fully saturated rings. The number of hydrogen-bond acceptors (Lipinski definition) is 6. The van der Waals surface area contributed by atoms with Crippen LogP contribution in [0.4, 0.5) is 11.4 Å². The van der Waals surface area contributed by atoms with Gasteiger partial charge in [-0.05, 0) is 17.7 Å². The number of para-hydroxylation sites is 1. The number of carbonyl (C=O) groups excluding carboxylic acids is 1. The summed E-state index contributed by atoms with van der Waals surface area (Å²) in [6.07, 6.45) is -0.255.